The average Bonchev–Trinajstić information content (AvgIpc) is 2.78. The van der Waals surface area contributed by atoms with Gasteiger partial charge in [-0.15, -0.1) is 23.7 Å². The summed E-state index contributed by atoms with van der Waals surface area (Å²) in [6, 6.07) is 3.62. The van der Waals surface area contributed by atoms with E-state index in [9.17, 15) is 13.6 Å². The van der Waals surface area contributed by atoms with Gasteiger partial charge in [0, 0.05) is 10.9 Å². The van der Waals surface area contributed by atoms with Gasteiger partial charge in [0.25, 0.3) is 0 Å². The van der Waals surface area contributed by atoms with Crippen molar-refractivity contribution in [1.29, 1.82) is 0 Å². The van der Waals surface area contributed by atoms with Gasteiger partial charge < -0.3 is 5.32 Å². The topological polar surface area (TPSA) is 42.0 Å². The summed E-state index contributed by atoms with van der Waals surface area (Å²) in [6.07, 6.45) is 1.16. The van der Waals surface area contributed by atoms with E-state index in [0.29, 0.717) is 16.3 Å². The molecule has 0 unspecified atom stereocenters. The van der Waals surface area contributed by atoms with Crippen molar-refractivity contribution in [3.05, 3.63) is 40.2 Å². The zero-order chi connectivity index (χ0) is 14.1. The Kier molecular flexibility index (Phi) is 5.03. The Bertz CT molecular complexity index is 658. The highest BCUT2D eigenvalue weighted by Gasteiger charge is 2.25. The second kappa shape index (κ2) is 6.60. The summed E-state index contributed by atoms with van der Waals surface area (Å²) in [5.74, 6) is -1.65. The molecule has 1 aromatic carbocycles. The molecule has 1 atom stereocenters. The Labute approximate surface area is 130 Å². The lowest BCUT2D eigenvalue weighted by Crippen LogP contribution is -2.49. The number of rotatable bonds is 4. The van der Waals surface area contributed by atoms with Crippen LogP contribution in [0.25, 0.3) is 11.3 Å². The zero-order valence-electron chi connectivity index (χ0n) is 10.9. The SMILES string of the molecule is Cl.O=C(Cc1nc(-c2ccc(F)c(F)c2)cs1)[C@@H]1CCN1. The van der Waals surface area contributed by atoms with Crippen LogP contribution in [-0.2, 0) is 11.2 Å². The maximum absolute atomic E-state index is 13.2. The molecule has 112 valence electrons. The van der Waals surface area contributed by atoms with E-state index in [2.05, 4.69) is 10.3 Å². The molecule has 1 aromatic heterocycles. The van der Waals surface area contributed by atoms with Gasteiger partial charge in [-0.1, -0.05) is 0 Å². The van der Waals surface area contributed by atoms with E-state index in [1.54, 1.807) is 5.38 Å². The van der Waals surface area contributed by atoms with Gasteiger partial charge in [0.05, 0.1) is 18.2 Å². The first kappa shape index (κ1) is 16.0. The summed E-state index contributed by atoms with van der Waals surface area (Å²) >= 11 is 1.36. The monoisotopic (exact) mass is 330 g/mol. The summed E-state index contributed by atoms with van der Waals surface area (Å²) in [7, 11) is 0. The number of Topliss-reactive ketones (excluding diaryl/α,β-unsaturated/α-hetero) is 1. The van der Waals surface area contributed by atoms with E-state index < -0.39 is 11.6 Å². The van der Waals surface area contributed by atoms with E-state index in [0.717, 1.165) is 25.1 Å². The molecule has 21 heavy (non-hydrogen) atoms. The van der Waals surface area contributed by atoms with E-state index >= 15 is 0 Å². The first-order chi connectivity index (χ1) is 9.63. The molecule has 0 bridgehead atoms. The quantitative estimate of drug-likeness (QED) is 0.937. The third-order valence-electron chi connectivity index (χ3n) is 3.30. The van der Waals surface area contributed by atoms with Crippen molar-refractivity contribution in [2.24, 2.45) is 0 Å². The van der Waals surface area contributed by atoms with Gasteiger partial charge in [-0.3, -0.25) is 4.79 Å². The molecular formula is C14H13ClF2N2OS. The van der Waals surface area contributed by atoms with E-state index in [1.807, 2.05) is 0 Å². The molecule has 1 N–H and O–H groups in total. The van der Waals surface area contributed by atoms with Gasteiger partial charge in [-0.05, 0) is 31.2 Å². The molecule has 0 aliphatic carbocycles. The number of aromatic nitrogens is 1. The Morgan fingerprint density at radius 2 is 2.14 bits per heavy atom. The zero-order valence-corrected chi connectivity index (χ0v) is 12.6. The fourth-order valence-electron chi connectivity index (χ4n) is 2.02. The van der Waals surface area contributed by atoms with Crippen LogP contribution in [0.5, 0.6) is 0 Å². The number of hydrogen-bond acceptors (Lipinski definition) is 4. The van der Waals surface area contributed by atoms with Crippen molar-refractivity contribution in [1.82, 2.24) is 10.3 Å². The van der Waals surface area contributed by atoms with Gasteiger partial charge in [-0.25, -0.2) is 13.8 Å². The molecule has 2 aromatic rings. The second-order valence-electron chi connectivity index (χ2n) is 4.69. The van der Waals surface area contributed by atoms with Crippen molar-refractivity contribution in [3.63, 3.8) is 0 Å². The van der Waals surface area contributed by atoms with Gasteiger partial charge in [0.1, 0.15) is 5.01 Å². The number of ketones is 1. The highest BCUT2D eigenvalue weighted by molar-refractivity contribution is 7.10. The summed E-state index contributed by atoms with van der Waals surface area (Å²) in [5, 5.41) is 5.50. The lowest BCUT2D eigenvalue weighted by Gasteiger charge is -2.25. The first-order valence-corrected chi connectivity index (χ1v) is 7.17. The summed E-state index contributed by atoms with van der Waals surface area (Å²) in [6.45, 7) is 0.883. The number of benzene rings is 1. The Balaban J connectivity index is 0.00000161. The summed E-state index contributed by atoms with van der Waals surface area (Å²) in [5.41, 5.74) is 1.08. The van der Waals surface area contributed by atoms with Crippen LogP contribution in [-0.4, -0.2) is 23.4 Å². The third kappa shape index (κ3) is 3.45. The molecule has 0 spiro atoms. The number of carbonyl (C=O) groups excluding carboxylic acids is 1. The highest BCUT2D eigenvalue weighted by atomic mass is 35.5. The van der Waals surface area contributed by atoms with Crippen molar-refractivity contribution < 1.29 is 13.6 Å². The van der Waals surface area contributed by atoms with Crippen LogP contribution in [0.2, 0.25) is 0 Å². The molecule has 0 saturated carbocycles. The van der Waals surface area contributed by atoms with Crippen LogP contribution in [0.3, 0.4) is 0 Å². The third-order valence-corrected chi connectivity index (χ3v) is 4.15. The van der Waals surface area contributed by atoms with Crippen molar-refractivity contribution in [2.45, 2.75) is 18.9 Å². The van der Waals surface area contributed by atoms with Gasteiger partial charge in [0.15, 0.2) is 17.4 Å². The standard InChI is InChI=1S/C14H12F2N2OS.ClH/c15-9-2-1-8(5-10(9)16)12-7-20-14(18-12)6-13(19)11-3-4-17-11;/h1-2,5,7,11,17H,3-4,6H2;1H/t11-;/m0./s1. The lowest BCUT2D eigenvalue weighted by atomic mass is 10.0. The summed E-state index contributed by atoms with van der Waals surface area (Å²) in [4.78, 5) is 16.1. The molecule has 1 aliphatic rings. The fraction of sp³-hybridized carbons (Fsp3) is 0.286. The minimum atomic E-state index is -0.896. The average molecular weight is 331 g/mol. The van der Waals surface area contributed by atoms with Crippen LogP contribution in [0.15, 0.2) is 23.6 Å². The van der Waals surface area contributed by atoms with E-state index in [1.165, 1.54) is 17.4 Å². The van der Waals surface area contributed by atoms with Crippen LogP contribution >= 0.6 is 23.7 Å². The van der Waals surface area contributed by atoms with E-state index in [4.69, 9.17) is 0 Å². The number of carbonyl (C=O) groups is 1. The molecule has 1 saturated heterocycles. The lowest BCUT2D eigenvalue weighted by molar-refractivity contribution is -0.121. The van der Waals surface area contributed by atoms with Crippen LogP contribution in [0, 0.1) is 11.6 Å². The first-order valence-electron chi connectivity index (χ1n) is 6.29. The molecule has 0 radical (unpaired) electrons. The maximum atomic E-state index is 13.2. The van der Waals surface area contributed by atoms with Crippen LogP contribution in [0.4, 0.5) is 8.78 Å². The smallest absolute Gasteiger partial charge is 0.159 e. The second-order valence-corrected chi connectivity index (χ2v) is 5.64. The summed E-state index contributed by atoms with van der Waals surface area (Å²) < 4.78 is 26.1. The molecule has 3 rings (SSSR count). The minimum absolute atomic E-state index is 0. The van der Waals surface area contributed by atoms with Crippen LogP contribution < -0.4 is 5.32 Å². The normalized spacial score (nSPS) is 17.0. The van der Waals surface area contributed by atoms with Crippen molar-refractivity contribution >= 4 is 29.5 Å². The minimum Gasteiger partial charge on any atom is -0.307 e. The molecule has 1 aliphatic heterocycles. The predicted molar refractivity (Wildman–Crippen MR) is 79.8 cm³/mol. The van der Waals surface area contributed by atoms with Crippen molar-refractivity contribution in [3.8, 4) is 11.3 Å². The number of nitrogens with zero attached hydrogens (tertiary/aromatic N) is 1. The number of halogens is 3. The van der Waals surface area contributed by atoms with Gasteiger partial charge in [-0.2, -0.15) is 0 Å². The number of thiazole rings is 1. The molecule has 2 heterocycles. The Morgan fingerprint density at radius 1 is 1.38 bits per heavy atom. The maximum Gasteiger partial charge on any atom is 0.159 e. The van der Waals surface area contributed by atoms with Gasteiger partial charge >= 0.3 is 0 Å². The predicted octanol–water partition coefficient (Wildman–Crippen LogP) is 2.98. The van der Waals surface area contributed by atoms with Gasteiger partial charge in [0.2, 0.25) is 0 Å². The molecular weight excluding hydrogens is 318 g/mol. The largest absolute Gasteiger partial charge is 0.307 e. The highest BCUT2D eigenvalue weighted by Crippen LogP contribution is 2.24. The number of nitrogens with one attached hydrogen (secondary N) is 1. The molecule has 3 nitrogen and oxygen atoms in total. The number of hydrogen-bond donors (Lipinski definition) is 1. The molecule has 7 heteroatoms. The van der Waals surface area contributed by atoms with Crippen LogP contribution in [0.1, 0.15) is 11.4 Å². The Hall–Kier alpha value is -1.37. The molecule has 1 fully saturated rings. The molecule has 0 amide bonds. The van der Waals surface area contributed by atoms with E-state index in [-0.39, 0.29) is 30.7 Å². The van der Waals surface area contributed by atoms with Crippen molar-refractivity contribution in [2.75, 3.05) is 6.54 Å². The Morgan fingerprint density at radius 3 is 2.76 bits per heavy atom. The fourth-order valence-corrected chi connectivity index (χ4v) is 2.83.